The molecule has 0 amide bonds. The quantitative estimate of drug-likeness (QED) is 0.0130. The normalized spacial score (nSPS) is 9.88. The molecule has 5 rings (SSSR count). The number of nitrogens with one attached hydrogen (secondary N) is 2. The number of thiophene rings is 3. The predicted octanol–water partition coefficient (Wildman–Crippen LogP) is 8.12. The van der Waals surface area contributed by atoms with Crippen LogP contribution in [0.4, 0.5) is 10.0 Å². The number of ketones is 1. The molecule has 0 saturated heterocycles. The highest BCUT2D eigenvalue weighted by atomic mass is 32.2. The maximum absolute atomic E-state index is 12.3. The van der Waals surface area contributed by atoms with Crippen LogP contribution in [0.3, 0.4) is 0 Å². The summed E-state index contributed by atoms with van der Waals surface area (Å²) in [5.74, 6) is -3.97. The molecule has 4 heterocycles. The van der Waals surface area contributed by atoms with Gasteiger partial charge in [-0.15, -0.1) is 34.0 Å². The summed E-state index contributed by atoms with van der Waals surface area (Å²) in [6.07, 6.45) is -0.248. The maximum atomic E-state index is 12.3. The molecule has 0 aliphatic rings. The third kappa shape index (κ3) is 22.5. The fourth-order valence-electron chi connectivity index (χ4n) is 6.03. The van der Waals surface area contributed by atoms with Crippen LogP contribution in [0.15, 0.2) is 34.2 Å². The number of esters is 7. The Hall–Kier alpha value is -7.78. The number of methoxy groups -OCH3 is 1. The average molecular weight is 1210 g/mol. The minimum absolute atomic E-state index is 0.00667. The van der Waals surface area contributed by atoms with Gasteiger partial charge in [0.15, 0.2) is 10.3 Å². The number of aryl methyl sites for hydroxylation is 1. The molecule has 0 fully saturated rings. The van der Waals surface area contributed by atoms with E-state index in [1.165, 1.54) is 25.8 Å². The summed E-state index contributed by atoms with van der Waals surface area (Å²) in [4.78, 5) is 121. The van der Waals surface area contributed by atoms with E-state index < -0.39 is 47.8 Å². The number of rotatable bonds is 19. The first-order valence-corrected chi connectivity index (χ1v) is 27.7. The van der Waals surface area contributed by atoms with Crippen LogP contribution in [-0.4, -0.2) is 120 Å². The van der Waals surface area contributed by atoms with Gasteiger partial charge in [-0.1, -0.05) is 23.9 Å². The van der Waals surface area contributed by atoms with E-state index in [-0.39, 0.29) is 76.7 Å². The van der Waals surface area contributed by atoms with E-state index in [4.69, 9.17) is 47.9 Å². The molecule has 80 heavy (non-hydrogen) atoms. The number of aromatic nitrogens is 2. The number of hydrogen-bond donors (Lipinski definition) is 5. The fourth-order valence-corrected chi connectivity index (χ4v) is 10.2. The maximum Gasteiger partial charge on any atom is 0.348 e. The number of nitriles is 1. The summed E-state index contributed by atoms with van der Waals surface area (Å²) in [6, 6.07) is 8.62. The molecule has 434 valence electrons. The highest BCUT2D eigenvalue weighted by Gasteiger charge is 2.27. The number of anilines is 2. The molecule has 24 nitrogen and oxygen atoms in total. The van der Waals surface area contributed by atoms with Gasteiger partial charge in [0, 0.05) is 5.75 Å². The Morgan fingerprint density at radius 1 is 0.713 bits per heavy atom. The van der Waals surface area contributed by atoms with E-state index in [1.54, 1.807) is 92.6 Å². The molecule has 7 N–H and O–H groups in total. The SMILES string of the molecule is CCOC(=O)CC#N.CCOC(=O)CC(C)=O.CCOC(=O)c1sc(N)c(C(=O)OCC)c1C.CCOC(=O)c1sc(NC(N)=S)c(C(=O)OCC)c1C.COC(=O)c1ccc(CSc2nc3sc(C(=O)O)c(C)c3c(=O)[nH]2)cc1. The number of carbonyl (C=O) groups is 9. The van der Waals surface area contributed by atoms with Gasteiger partial charge in [-0.05, 0) is 116 Å². The number of carboxylic acids is 1. The summed E-state index contributed by atoms with van der Waals surface area (Å²) in [5.41, 5.74) is 14.2. The molecule has 1 aromatic carbocycles. The lowest BCUT2D eigenvalue weighted by atomic mass is 10.1. The van der Waals surface area contributed by atoms with Crippen molar-refractivity contribution in [2.75, 3.05) is 57.8 Å². The number of carboxylic acid groups (broad SMARTS) is 1. The lowest BCUT2D eigenvalue weighted by molar-refractivity contribution is -0.145. The highest BCUT2D eigenvalue weighted by molar-refractivity contribution is 7.98. The zero-order chi connectivity index (χ0) is 60.8. The first-order valence-electron chi connectivity index (χ1n) is 23.8. The van der Waals surface area contributed by atoms with Gasteiger partial charge in [-0.2, -0.15) is 5.26 Å². The number of hydrogen-bond acceptors (Lipinski definition) is 25. The van der Waals surface area contributed by atoms with Gasteiger partial charge in [-0.25, -0.2) is 33.8 Å². The third-order valence-corrected chi connectivity index (χ3v) is 13.9. The molecule has 29 heteroatoms. The molecule has 0 spiro atoms. The average Bonchev–Trinajstić information content (AvgIpc) is 4.02. The van der Waals surface area contributed by atoms with Crippen LogP contribution >= 0.6 is 58.0 Å². The smallest absolute Gasteiger partial charge is 0.348 e. The van der Waals surface area contributed by atoms with Crippen molar-refractivity contribution >= 4 is 137 Å². The standard InChI is InChI=1S/C17H14N2O5S2.C12H16N2O4S2.C11H15NO4S.C6H10O3.C5H7NO2/c1-8-11-13(20)18-17(19-14(11)26-12(8)15(21)22)25-7-9-3-5-10(6-4-9)16(23)24-2;1-4-17-10(15)7-6(3)8(11(16)18-5-2)20-9(7)14-12(13)19;1-4-15-10(13)7-6(3)8(17-9(7)12)11(14)16-5-2;1-3-9-6(8)4-5(2)7;1-2-8-5(7)3-4-6/h3-6H,7H2,1-2H3,(H,21,22)(H,18,19,20);4-5H2,1-3H3,(H3,13,14,19);4-5,12H2,1-3H3;3-4H2,1-2H3;2-3H2,1H3. The minimum Gasteiger partial charge on any atom is -0.477 e. The molecule has 0 saturated carbocycles. The van der Waals surface area contributed by atoms with Gasteiger partial charge in [-0.3, -0.25) is 19.2 Å². The van der Waals surface area contributed by atoms with Crippen LogP contribution in [0.2, 0.25) is 0 Å². The third-order valence-electron chi connectivity index (χ3n) is 9.39. The highest BCUT2D eigenvalue weighted by Crippen LogP contribution is 2.35. The summed E-state index contributed by atoms with van der Waals surface area (Å²) in [7, 11) is 1.33. The summed E-state index contributed by atoms with van der Waals surface area (Å²) >= 11 is 9.19. The number of aromatic carboxylic acids is 1. The Kier molecular flexibility index (Phi) is 32.0. The number of H-pyrrole nitrogens is 1. The molecule has 0 atom stereocenters. The zero-order valence-corrected chi connectivity index (χ0v) is 49.7. The number of Topliss-reactive ketones (excluding diaryl/α,β-unsaturated/α-hetero) is 1. The van der Waals surface area contributed by atoms with E-state index >= 15 is 0 Å². The van der Waals surface area contributed by atoms with Gasteiger partial charge in [0.05, 0.1) is 74.9 Å². The Morgan fingerprint density at radius 3 is 1.68 bits per heavy atom. The number of thioether (sulfide) groups is 1. The molecule has 0 bridgehead atoms. The first kappa shape index (κ1) is 70.2. The van der Waals surface area contributed by atoms with Crippen LogP contribution in [-0.2, 0) is 53.3 Å². The Morgan fingerprint density at radius 2 is 1.20 bits per heavy atom. The molecule has 4 aromatic heterocycles. The first-order chi connectivity index (χ1) is 37.8. The molecular formula is C51H62N6O18S5. The molecular weight excluding hydrogens is 1140 g/mol. The van der Waals surface area contributed by atoms with Crippen LogP contribution in [0.25, 0.3) is 10.2 Å². The van der Waals surface area contributed by atoms with E-state index in [1.807, 2.05) is 0 Å². The number of nitrogens with zero attached hydrogens (tertiary/aromatic N) is 2. The van der Waals surface area contributed by atoms with Gasteiger partial charge in [0.2, 0.25) is 0 Å². The van der Waals surface area contributed by atoms with Crippen molar-refractivity contribution < 1.29 is 81.4 Å². The van der Waals surface area contributed by atoms with E-state index in [0.29, 0.717) is 71.3 Å². The van der Waals surface area contributed by atoms with Crippen molar-refractivity contribution in [1.82, 2.24) is 9.97 Å². The summed E-state index contributed by atoms with van der Waals surface area (Å²) < 4.78 is 33.3. The van der Waals surface area contributed by atoms with Crippen molar-refractivity contribution in [1.29, 1.82) is 5.26 Å². The molecule has 5 aromatic rings. The van der Waals surface area contributed by atoms with Crippen molar-refractivity contribution in [2.24, 2.45) is 5.73 Å². The van der Waals surface area contributed by atoms with Crippen molar-refractivity contribution in [3.63, 3.8) is 0 Å². The number of carbonyl (C=O) groups excluding carboxylic acids is 8. The number of aromatic amines is 1. The largest absolute Gasteiger partial charge is 0.477 e. The summed E-state index contributed by atoms with van der Waals surface area (Å²) in [5, 5.41) is 21.2. The molecule has 0 radical (unpaired) electrons. The molecule has 0 aliphatic heterocycles. The Labute approximate surface area is 481 Å². The molecule has 0 aliphatic carbocycles. The molecule has 0 unspecified atom stereocenters. The van der Waals surface area contributed by atoms with E-state index in [9.17, 15) is 53.1 Å². The van der Waals surface area contributed by atoms with Gasteiger partial charge in [0.1, 0.15) is 48.1 Å². The minimum atomic E-state index is -1.07. The van der Waals surface area contributed by atoms with Crippen molar-refractivity contribution in [3.05, 3.63) is 88.2 Å². The fraction of sp³-hybridized carbons (Fsp3) is 0.392. The number of ether oxygens (including phenoxy) is 7. The van der Waals surface area contributed by atoms with E-state index in [0.717, 1.165) is 39.6 Å². The van der Waals surface area contributed by atoms with E-state index in [2.05, 4.69) is 29.5 Å². The number of nitrogens with two attached hydrogens (primary N) is 2. The number of fused-ring (bicyclic) bond motifs is 1. The Balaban J connectivity index is 0.000000533. The van der Waals surface area contributed by atoms with Crippen LogP contribution in [0.5, 0.6) is 0 Å². The van der Waals surface area contributed by atoms with Crippen LogP contribution < -0.4 is 22.3 Å². The lowest BCUT2D eigenvalue weighted by Crippen LogP contribution is -2.20. The van der Waals surface area contributed by atoms with Crippen molar-refractivity contribution in [2.45, 2.75) is 93.0 Å². The predicted molar refractivity (Wildman–Crippen MR) is 305 cm³/mol. The Bertz CT molecular complexity index is 3100. The lowest BCUT2D eigenvalue weighted by Gasteiger charge is -2.06. The number of benzene rings is 1. The van der Waals surface area contributed by atoms with Gasteiger partial charge in [0.25, 0.3) is 5.56 Å². The second-order valence-corrected chi connectivity index (χ2v) is 19.6. The van der Waals surface area contributed by atoms with Crippen LogP contribution in [0.1, 0.15) is 144 Å². The topological polar surface area (TPSA) is 372 Å². The second kappa shape index (κ2) is 36.4. The van der Waals surface area contributed by atoms with Crippen molar-refractivity contribution in [3.8, 4) is 6.07 Å². The van der Waals surface area contributed by atoms with Crippen LogP contribution in [0, 0.1) is 32.1 Å². The van der Waals surface area contributed by atoms with Gasteiger partial charge < -0.3 is 60.0 Å². The number of nitrogen functional groups attached to an aromatic ring is 1. The number of thiocarbonyl (C=S) groups is 1. The zero-order valence-electron chi connectivity index (χ0n) is 45.7. The summed E-state index contributed by atoms with van der Waals surface area (Å²) in [6.45, 7) is 18.2. The second-order valence-electron chi connectivity index (χ2n) is 15.1. The van der Waals surface area contributed by atoms with Gasteiger partial charge >= 0.3 is 47.8 Å². The monoisotopic (exact) mass is 1210 g/mol.